The minimum atomic E-state index is -0.900. The number of aliphatic hydroxyl groups excluding tert-OH is 1. The average Bonchev–Trinajstić information content (AvgIpc) is 3.31. The quantitative estimate of drug-likeness (QED) is 0.742. The van der Waals surface area contributed by atoms with Gasteiger partial charge in [0.15, 0.2) is 6.29 Å². The number of fused-ring (bicyclic) bond motifs is 2. The molecule has 2 amide bonds. The zero-order valence-corrected chi connectivity index (χ0v) is 14.1. The van der Waals surface area contributed by atoms with Gasteiger partial charge in [-0.05, 0) is 30.3 Å². The van der Waals surface area contributed by atoms with Crippen molar-refractivity contribution in [3.8, 4) is 5.75 Å². The molecule has 2 bridgehead atoms. The van der Waals surface area contributed by atoms with E-state index in [1.54, 1.807) is 54.5 Å². The van der Waals surface area contributed by atoms with Crippen LogP contribution in [0.15, 0.2) is 42.7 Å². The number of nitrogens with zero attached hydrogens (tertiary/aromatic N) is 2. The minimum absolute atomic E-state index is 0.299. The molecular weight excluding hydrogens is 340 g/mol. The highest BCUT2D eigenvalue weighted by Gasteiger charge is 2.51. The molecule has 2 aromatic rings. The van der Waals surface area contributed by atoms with Crippen molar-refractivity contribution < 1.29 is 24.1 Å². The Kier molecular flexibility index (Phi) is 4.49. The van der Waals surface area contributed by atoms with Gasteiger partial charge in [0.05, 0.1) is 19.8 Å². The summed E-state index contributed by atoms with van der Waals surface area (Å²) in [6.45, 7) is 0.299. The summed E-state index contributed by atoms with van der Waals surface area (Å²) in [5.41, 5.74) is 0.610. The third kappa shape index (κ3) is 3.12. The molecule has 0 radical (unpaired) electrons. The van der Waals surface area contributed by atoms with Crippen molar-refractivity contribution >= 4 is 11.7 Å². The van der Waals surface area contributed by atoms with E-state index in [9.17, 15) is 9.90 Å². The Morgan fingerprint density at radius 1 is 1.38 bits per heavy atom. The van der Waals surface area contributed by atoms with Crippen LogP contribution < -0.4 is 15.4 Å². The fraction of sp³-hybridized carbons (Fsp3) is 0.412. The molecule has 0 aliphatic carbocycles. The maximum absolute atomic E-state index is 12.4. The molecule has 4 rings (SSSR count). The van der Waals surface area contributed by atoms with E-state index < -0.39 is 36.6 Å². The second-order valence-electron chi connectivity index (χ2n) is 6.20. The van der Waals surface area contributed by atoms with Gasteiger partial charge in [0.25, 0.3) is 0 Å². The number of anilines is 1. The number of methoxy groups -OCH3 is 1. The monoisotopic (exact) mass is 360 g/mol. The van der Waals surface area contributed by atoms with E-state index in [1.165, 1.54) is 0 Å². The van der Waals surface area contributed by atoms with Crippen LogP contribution in [0.5, 0.6) is 5.75 Å². The molecule has 9 heteroatoms. The van der Waals surface area contributed by atoms with Crippen molar-refractivity contribution in [3.63, 3.8) is 0 Å². The Labute approximate surface area is 149 Å². The molecule has 26 heavy (non-hydrogen) atoms. The molecule has 1 aromatic heterocycles. The SMILES string of the molecule is COc1ccc(NC(=O)N[C@H]2[C@H](O)[C@@H](n3cccn3)[C@@H]3OC[C@H]2O3)cc1. The molecular formula is C17H20N4O5. The normalized spacial score (nSPS) is 30.0. The first-order valence-electron chi connectivity index (χ1n) is 8.31. The molecule has 0 unspecified atom stereocenters. The molecule has 138 valence electrons. The van der Waals surface area contributed by atoms with Crippen LogP contribution in [0.25, 0.3) is 0 Å². The predicted molar refractivity (Wildman–Crippen MR) is 90.8 cm³/mol. The third-order valence-electron chi connectivity index (χ3n) is 4.61. The molecule has 9 nitrogen and oxygen atoms in total. The summed E-state index contributed by atoms with van der Waals surface area (Å²) in [5.74, 6) is 0.697. The molecule has 2 aliphatic heterocycles. The highest BCUT2D eigenvalue weighted by Crippen LogP contribution is 2.35. The van der Waals surface area contributed by atoms with Crippen LogP contribution >= 0.6 is 0 Å². The van der Waals surface area contributed by atoms with Crippen molar-refractivity contribution in [2.75, 3.05) is 19.0 Å². The molecule has 3 N–H and O–H groups in total. The van der Waals surface area contributed by atoms with E-state index in [0.29, 0.717) is 18.0 Å². The first kappa shape index (κ1) is 16.8. The number of hydrogen-bond acceptors (Lipinski definition) is 6. The number of urea groups is 1. The number of hydrogen-bond donors (Lipinski definition) is 3. The number of aliphatic hydroxyl groups is 1. The standard InChI is InChI=1S/C17H20N4O5/c1-24-11-5-3-10(4-6-11)19-17(23)20-13-12-9-25-16(26-12)14(15(13)22)21-8-2-7-18-21/h2-8,12-16,22H,9H2,1H3,(H2,19,20,23)/t12-,13-,14-,15+,16-/m1/s1. The van der Waals surface area contributed by atoms with E-state index in [0.717, 1.165) is 0 Å². The van der Waals surface area contributed by atoms with Gasteiger partial charge in [-0.1, -0.05) is 0 Å². The fourth-order valence-corrected chi connectivity index (χ4v) is 3.31. The second kappa shape index (κ2) is 6.94. The van der Waals surface area contributed by atoms with E-state index in [2.05, 4.69) is 15.7 Å². The van der Waals surface area contributed by atoms with Gasteiger partial charge in [0.2, 0.25) is 0 Å². The molecule has 2 saturated heterocycles. The molecule has 1 aromatic carbocycles. The van der Waals surface area contributed by atoms with Gasteiger partial charge in [-0.15, -0.1) is 0 Å². The van der Waals surface area contributed by atoms with Gasteiger partial charge in [0, 0.05) is 18.1 Å². The highest BCUT2D eigenvalue weighted by atomic mass is 16.7. The Hall–Kier alpha value is -2.62. The van der Waals surface area contributed by atoms with Gasteiger partial charge in [0.1, 0.15) is 24.0 Å². The maximum Gasteiger partial charge on any atom is 0.319 e. The zero-order chi connectivity index (χ0) is 18.1. The van der Waals surface area contributed by atoms with Crippen molar-refractivity contribution in [3.05, 3.63) is 42.7 Å². The predicted octanol–water partition coefficient (Wildman–Crippen LogP) is 0.739. The molecule has 0 spiro atoms. The van der Waals surface area contributed by atoms with Crippen LogP contribution in [-0.4, -0.2) is 59.2 Å². The largest absolute Gasteiger partial charge is 0.497 e. The number of carbonyl (C=O) groups is 1. The number of rotatable bonds is 4. The zero-order valence-electron chi connectivity index (χ0n) is 14.1. The number of carbonyl (C=O) groups excluding carboxylic acids is 1. The van der Waals surface area contributed by atoms with Crippen molar-refractivity contribution in [2.45, 2.75) is 30.6 Å². The number of nitrogens with one attached hydrogen (secondary N) is 2. The lowest BCUT2D eigenvalue weighted by atomic mass is 9.96. The van der Waals surface area contributed by atoms with Gasteiger partial charge >= 0.3 is 6.03 Å². The molecule has 2 aliphatic rings. The minimum Gasteiger partial charge on any atom is -0.497 e. The molecule has 0 saturated carbocycles. The smallest absolute Gasteiger partial charge is 0.319 e. The first-order chi connectivity index (χ1) is 12.7. The third-order valence-corrected chi connectivity index (χ3v) is 4.61. The second-order valence-corrected chi connectivity index (χ2v) is 6.20. The lowest BCUT2D eigenvalue weighted by Crippen LogP contribution is -2.59. The van der Waals surface area contributed by atoms with Crippen LogP contribution in [-0.2, 0) is 9.47 Å². The Morgan fingerprint density at radius 3 is 2.88 bits per heavy atom. The number of amides is 2. The van der Waals surface area contributed by atoms with Gasteiger partial charge in [-0.3, -0.25) is 4.68 Å². The lowest BCUT2D eigenvalue weighted by Gasteiger charge is -2.38. The number of aromatic nitrogens is 2. The first-order valence-corrected chi connectivity index (χ1v) is 8.31. The Bertz CT molecular complexity index is 751. The van der Waals surface area contributed by atoms with E-state index in [4.69, 9.17) is 14.2 Å². The average molecular weight is 360 g/mol. The summed E-state index contributed by atoms with van der Waals surface area (Å²) >= 11 is 0. The summed E-state index contributed by atoms with van der Waals surface area (Å²) in [5, 5.41) is 20.5. The summed E-state index contributed by atoms with van der Waals surface area (Å²) in [4.78, 5) is 12.4. The Balaban J connectivity index is 1.45. The maximum atomic E-state index is 12.4. The summed E-state index contributed by atoms with van der Waals surface area (Å²) in [6.07, 6.45) is 1.45. The van der Waals surface area contributed by atoms with Crippen molar-refractivity contribution in [2.24, 2.45) is 0 Å². The van der Waals surface area contributed by atoms with Gasteiger partial charge in [-0.25, -0.2) is 4.79 Å². The summed E-state index contributed by atoms with van der Waals surface area (Å²) in [6, 6.07) is 7.12. The van der Waals surface area contributed by atoms with Crippen LogP contribution in [0, 0.1) is 0 Å². The van der Waals surface area contributed by atoms with E-state index >= 15 is 0 Å². The van der Waals surface area contributed by atoms with Crippen LogP contribution in [0.1, 0.15) is 6.04 Å². The molecule has 5 atom stereocenters. The highest BCUT2D eigenvalue weighted by molar-refractivity contribution is 5.89. The van der Waals surface area contributed by atoms with E-state index in [-0.39, 0.29) is 0 Å². The fourth-order valence-electron chi connectivity index (χ4n) is 3.31. The van der Waals surface area contributed by atoms with E-state index in [1.807, 2.05) is 0 Å². The van der Waals surface area contributed by atoms with Crippen LogP contribution in [0.2, 0.25) is 0 Å². The van der Waals surface area contributed by atoms with Crippen molar-refractivity contribution in [1.82, 2.24) is 15.1 Å². The van der Waals surface area contributed by atoms with Gasteiger partial charge < -0.3 is 30.0 Å². The topological polar surface area (TPSA) is 107 Å². The lowest BCUT2D eigenvalue weighted by molar-refractivity contribution is -0.166. The molecule has 3 heterocycles. The summed E-state index contributed by atoms with van der Waals surface area (Å²) < 4.78 is 18.1. The van der Waals surface area contributed by atoms with Crippen LogP contribution in [0.3, 0.4) is 0 Å². The number of ether oxygens (including phenoxy) is 3. The van der Waals surface area contributed by atoms with Crippen molar-refractivity contribution in [1.29, 1.82) is 0 Å². The van der Waals surface area contributed by atoms with Crippen LogP contribution in [0.4, 0.5) is 10.5 Å². The molecule has 2 fully saturated rings. The van der Waals surface area contributed by atoms with Gasteiger partial charge in [-0.2, -0.15) is 5.10 Å². The summed E-state index contributed by atoms with van der Waals surface area (Å²) in [7, 11) is 1.58. The number of benzene rings is 1. The Morgan fingerprint density at radius 2 is 2.19 bits per heavy atom.